The second-order valence-electron chi connectivity index (χ2n) is 7.27. The van der Waals surface area contributed by atoms with Crippen LogP contribution < -0.4 is 16.8 Å². The number of fused-ring (bicyclic) bond motifs is 5. The first-order valence-electron chi connectivity index (χ1n) is 9.55. The van der Waals surface area contributed by atoms with Crippen molar-refractivity contribution in [1.82, 2.24) is 15.0 Å². The maximum absolute atomic E-state index is 13.0. The number of benzene rings is 1. The third-order valence-electron chi connectivity index (χ3n) is 5.53. The lowest BCUT2D eigenvalue weighted by Crippen LogP contribution is -2.44. The number of nitrogens with two attached hydrogens (primary N) is 1. The zero-order valence-corrected chi connectivity index (χ0v) is 16.6. The maximum Gasteiger partial charge on any atom is 0.343 e. The number of cyclic esters (lactones) is 1. The number of hydrogen-bond donors (Lipinski definition) is 4. The van der Waals surface area contributed by atoms with Crippen LogP contribution in [0.1, 0.15) is 30.0 Å². The van der Waals surface area contributed by atoms with E-state index < -0.39 is 17.6 Å². The molecule has 0 aliphatic carbocycles. The zero-order valence-electron chi connectivity index (χ0n) is 16.6. The first-order chi connectivity index (χ1) is 14.8. The van der Waals surface area contributed by atoms with Crippen LogP contribution in [0.4, 0.5) is 4.79 Å². The number of amides is 2. The number of ether oxygens (including phenoxy) is 1. The van der Waals surface area contributed by atoms with E-state index >= 15 is 0 Å². The lowest BCUT2D eigenvalue weighted by atomic mass is 9.86. The number of rotatable bonds is 1. The number of urea groups is 1. The molecule has 1 aromatic carbocycles. The van der Waals surface area contributed by atoms with Crippen LogP contribution in [0, 0.1) is 0 Å². The predicted molar refractivity (Wildman–Crippen MR) is 109 cm³/mol. The van der Waals surface area contributed by atoms with E-state index in [4.69, 9.17) is 14.9 Å². The topological polar surface area (TPSA) is 157 Å². The molecule has 0 bridgehead atoms. The Morgan fingerprint density at radius 2 is 2.03 bits per heavy atom. The highest BCUT2D eigenvalue weighted by atomic mass is 16.6. The number of primary amides is 1. The number of aromatic nitrogens is 2. The van der Waals surface area contributed by atoms with E-state index in [2.05, 4.69) is 5.73 Å². The number of carbonyl (C=O) groups excluding carboxylic acids is 2. The Bertz CT molecular complexity index is 1280. The van der Waals surface area contributed by atoms with Crippen molar-refractivity contribution < 1.29 is 24.6 Å². The largest absolute Gasteiger partial charge is 0.458 e. The van der Waals surface area contributed by atoms with Crippen molar-refractivity contribution in [1.29, 1.82) is 0 Å². The molecule has 1 unspecified atom stereocenters. The molecule has 0 spiro atoms. The van der Waals surface area contributed by atoms with Gasteiger partial charge in [0.25, 0.3) is 5.56 Å². The molecule has 160 valence electrons. The average Bonchev–Trinajstić information content (AvgIpc) is 3.13. The van der Waals surface area contributed by atoms with E-state index in [0.29, 0.717) is 23.4 Å². The Morgan fingerprint density at radius 1 is 1.32 bits per heavy atom. The van der Waals surface area contributed by atoms with Crippen LogP contribution in [-0.2, 0) is 28.3 Å². The van der Waals surface area contributed by atoms with Crippen molar-refractivity contribution in [3.8, 4) is 11.4 Å². The minimum absolute atomic E-state index is 0.110. The smallest absolute Gasteiger partial charge is 0.343 e. The van der Waals surface area contributed by atoms with Crippen molar-refractivity contribution in [2.45, 2.75) is 32.1 Å². The number of esters is 1. The lowest BCUT2D eigenvalue weighted by molar-refractivity contribution is -0.172. The third-order valence-corrected chi connectivity index (χ3v) is 5.53. The van der Waals surface area contributed by atoms with Gasteiger partial charge < -0.3 is 20.1 Å². The summed E-state index contributed by atoms with van der Waals surface area (Å²) in [7, 11) is 0. The van der Waals surface area contributed by atoms with E-state index in [9.17, 15) is 19.5 Å². The van der Waals surface area contributed by atoms with Crippen LogP contribution in [-0.4, -0.2) is 31.9 Å². The molecule has 2 amide bonds. The number of nitrogens with one attached hydrogen (secondary N) is 1. The molecule has 2 aliphatic rings. The van der Waals surface area contributed by atoms with E-state index in [1.54, 1.807) is 17.6 Å². The monoisotopic (exact) mass is 424 g/mol. The molecule has 2 aromatic heterocycles. The quantitative estimate of drug-likeness (QED) is 0.203. The molecular weight excluding hydrogens is 404 g/mol. The summed E-state index contributed by atoms with van der Waals surface area (Å²) in [5.74, 6) is -0.707. The van der Waals surface area contributed by atoms with Gasteiger partial charge in [0.2, 0.25) is 0 Å². The van der Waals surface area contributed by atoms with Gasteiger partial charge in [0.05, 0.1) is 29.0 Å². The molecular formula is C21H20N4O6. The van der Waals surface area contributed by atoms with E-state index in [1.807, 2.05) is 30.3 Å². The van der Waals surface area contributed by atoms with E-state index in [-0.39, 0.29) is 18.6 Å². The van der Waals surface area contributed by atoms with Crippen molar-refractivity contribution >= 4 is 22.9 Å². The number of nitrogens with zero attached hydrogens (tertiary/aromatic N) is 2. The van der Waals surface area contributed by atoms with Crippen molar-refractivity contribution in [2.24, 2.45) is 5.73 Å². The highest BCUT2D eigenvalue weighted by Gasteiger charge is 2.45. The Balaban J connectivity index is 0.000000418. The van der Waals surface area contributed by atoms with Crippen LogP contribution in [0.3, 0.4) is 0 Å². The molecule has 0 saturated heterocycles. The molecule has 31 heavy (non-hydrogen) atoms. The van der Waals surface area contributed by atoms with Gasteiger partial charge >= 0.3 is 12.0 Å². The van der Waals surface area contributed by atoms with Crippen molar-refractivity contribution in [3.63, 3.8) is 0 Å². The molecule has 3 aromatic rings. The van der Waals surface area contributed by atoms with E-state index in [0.717, 1.165) is 22.2 Å². The van der Waals surface area contributed by atoms with Gasteiger partial charge in [-0.05, 0) is 24.6 Å². The molecule has 4 heterocycles. The summed E-state index contributed by atoms with van der Waals surface area (Å²) in [6.07, 6.45) is 0.139. The molecule has 0 radical (unpaired) electrons. The molecule has 0 saturated carbocycles. The van der Waals surface area contributed by atoms with Crippen molar-refractivity contribution in [3.05, 3.63) is 63.4 Å². The van der Waals surface area contributed by atoms with Gasteiger partial charge in [0.15, 0.2) is 5.60 Å². The lowest BCUT2D eigenvalue weighted by Gasteiger charge is -2.31. The normalized spacial score (nSPS) is 18.2. The molecule has 10 heteroatoms. The Labute approximate surface area is 175 Å². The first-order valence-corrected chi connectivity index (χ1v) is 9.55. The number of aliphatic hydroxyl groups is 1. The van der Waals surface area contributed by atoms with Gasteiger partial charge in [0.1, 0.15) is 6.61 Å². The second kappa shape index (κ2) is 7.49. The number of hydrogen-bond acceptors (Lipinski definition) is 7. The number of pyridine rings is 2. The first kappa shape index (κ1) is 20.5. The summed E-state index contributed by atoms with van der Waals surface area (Å²) in [5.41, 5.74) is 7.27. The molecule has 0 fully saturated rings. The van der Waals surface area contributed by atoms with Gasteiger partial charge in [-0.15, -0.1) is 0 Å². The third kappa shape index (κ3) is 3.22. The fourth-order valence-corrected chi connectivity index (χ4v) is 3.93. The fourth-order valence-electron chi connectivity index (χ4n) is 3.93. The van der Waals surface area contributed by atoms with Gasteiger partial charge in [-0.1, -0.05) is 25.1 Å². The van der Waals surface area contributed by atoms with Crippen LogP contribution in [0.2, 0.25) is 0 Å². The molecule has 5 N–H and O–H groups in total. The van der Waals surface area contributed by atoms with Crippen LogP contribution in [0.5, 0.6) is 0 Å². The molecule has 1 atom stereocenters. The van der Waals surface area contributed by atoms with E-state index in [1.165, 1.54) is 5.48 Å². The standard InChI is InChI=1S/C20H16N2O4.CH4N2O2/c1-2-20(25)14-8-16-17-12(7-11-5-3-4-6-15(11)21-17)9-22(16)18(23)13(14)10-26-19(20)24;2-1(4)3-5/h3-8,25H,2,9-10H2,1H3;5H,(H3,2,3,4). The second-order valence-corrected chi connectivity index (χ2v) is 7.27. The average molecular weight is 424 g/mol. The number of hydroxylamine groups is 1. The zero-order chi connectivity index (χ0) is 22.3. The summed E-state index contributed by atoms with van der Waals surface area (Å²) in [6, 6.07) is 10.6. The molecule has 10 nitrogen and oxygen atoms in total. The summed E-state index contributed by atoms with van der Waals surface area (Å²) in [6.45, 7) is 2.01. The van der Waals surface area contributed by atoms with Gasteiger partial charge in [-0.2, -0.15) is 0 Å². The summed E-state index contributed by atoms with van der Waals surface area (Å²) < 4.78 is 6.72. The highest BCUT2D eigenvalue weighted by Crippen LogP contribution is 2.38. The van der Waals surface area contributed by atoms with Gasteiger partial charge in [-0.25, -0.2) is 20.1 Å². The van der Waals surface area contributed by atoms with Crippen LogP contribution >= 0.6 is 0 Å². The SMILES string of the molecule is CCC1(O)C(=O)OCc2c1cc1n(c2=O)Cc2cc3ccccc3nc2-1.NC(=O)NO. The summed E-state index contributed by atoms with van der Waals surface area (Å²) in [4.78, 5) is 39.1. The number of para-hydroxylation sites is 1. The Morgan fingerprint density at radius 3 is 2.71 bits per heavy atom. The fraction of sp³-hybridized carbons (Fsp3) is 0.238. The molecule has 2 aliphatic heterocycles. The predicted octanol–water partition coefficient (Wildman–Crippen LogP) is 1.12. The van der Waals surface area contributed by atoms with Gasteiger partial charge in [-0.3, -0.25) is 10.0 Å². The minimum Gasteiger partial charge on any atom is -0.458 e. The summed E-state index contributed by atoms with van der Waals surface area (Å²) >= 11 is 0. The summed E-state index contributed by atoms with van der Waals surface area (Å²) in [5, 5.41) is 19.3. The maximum atomic E-state index is 13.0. The number of carbonyl (C=O) groups is 2. The van der Waals surface area contributed by atoms with Gasteiger partial charge in [0, 0.05) is 16.5 Å². The van der Waals surface area contributed by atoms with Crippen LogP contribution in [0.25, 0.3) is 22.3 Å². The van der Waals surface area contributed by atoms with Crippen LogP contribution in [0.15, 0.2) is 41.2 Å². The van der Waals surface area contributed by atoms with Crippen molar-refractivity contribution in [2.75, 3.05) is 0 Å². The highest BCUT2D eigenvalue weighted by molar-refractivity contribution is 5.86. The minimum atomic E-state index is -1.79. The Kier molecular flexibility index (Phi) is 4.96. The molecule has 5 rings (SSSR count). The Hall–Kier alpha value is -3.76.